The molecule has 2 aromatic carbocycles. The van der Waals surface area contributed by atoms with Crippen molar-refractivity contribution in [2.24, 2.45) is 0 Å². The first-order chi connectivity index (χ1) is 12.9. The molecule has 6 nitrogen and oxygen atoms in total. The number of amides is 2. The Morgan fingerprint density at radius 1 is 1.00 bits per heavy atom. The van der Waals surface area contributed by atoms with Crippen molar-refractivity contribution in [2.75, 3.05) is 10.6 Å². The molecule has 0 spiro atoms. The summed E-state index contributed by atoms with van der Waals surface area (Å²) in [5, 5.41) is 9.34. The van der Waals surface area contributed by atoms with Gasteiger partial charge in [0.05, 0.1) is 0 Å². The van der Waals surface area contributed by atoms with Gasteiger partial charge in [-0.2, -0.15) is 5.10 Å². The lowest BCUT2D eigenvalue weighted by Crippen LogP contribution is -2.24. The van der Waals surface area contributed by atoms with Crippen LogP contribution in [0.4, 0.5) is 20.2 Å². The minimum absolute atomic E-state index is 0.0179. The number of halogens is 2. The Bertz CT molecular complexity index is 974. The summed E-state index contributed by atoms with van der Waals surface area (Å²) in [4.78, 5) is 24.5. The third-order valence-electron chi connectivity index (χ3n) is 3.87. The second-order valence-electron chi connectivity index (χ2n) is 5.82. The maximum atomic E-state index is 13.3. The number of hydrogen-bond acceptors (Lipinski definition) is 3. The summed E-state index contributed by atoms with van der Waals surface area (Å²) in [6.45, 7) is 1.71. The molecule has 0 aliphatic heterocycles. The zero-order valence-electron chi connectivity index (χ0n) is 14.3. The molecule has 2 amide bonds. The van der Waals surface area contributed by atoms with E-state index < -0.39 is 23.6 Å². The van der Waals surface area contributed by atoms with Gasteiger partial charge in [-0.3, -0.25) is 14.3 Å². The predicted octanol–water partition coefficient (Wildman–Crippen LogP) is 3.61. The Balaban J connectivity index is 1.69. The van der Waals surface area contributed by atoms with Gasteiger partial charge in [0, 0.05) is 29.3 Å². The van der Waals surface area contributed by atoms with E-state index in [0.29, 0.717) is 11.4 Å². The largest absolute Gasteiger partial charge is 0.324 e. The molecule has 0 fully saturated rings. The van der Waals surface area contributed by atoms with E-state index in [9.17, 15) is 18.4 Å². The molecular weight excluding hydrogens is 354 g/mol. The van der Waals surface area contributed by atoms with Gasteiger partial charge in [-0.1, -0.05) is 6.07 Å². The van der Waals surface area contributed by atoms with Gasteiger partial charge < -0.3 is 10.6 Å². The van der Waals surface area contributed by atoms with Crippen LogP contribution in [0.1, 0.15) is 23.3 Å². The van der Waals surface area contributed by atoms with Crippen molar-refractivity contribution in [3.05, 3.63) is 78.1 Å². The number of nitrogens with zero attached hydrogens (tertiary/aromatic N) is 2. The first kappa shape index (κ1) is 18.2. The van der Waals surface area contributed by atoms with E-state index in [1.54, 1.807) is 49.6 Å². The van der Waals surface area contributed by atoms with Crippen LogP contribution in [0, 0.1) is 11.6 Å². The first-order valence-electron chi connectivity index (χ1n) is 8.10. The topological polar surface area (TPSA) is 76.0 Å². The highest BCUT2D eigenvalue weighted by atomic mass is 19.2. The molecule has 0 aliphatic carbocycles. The van der Waals surface area contributed by atoms with Gasteiger partial charge in [0.25, 0.3) is 5.91 Å². The highest BCUT2D eigenvalue weighted by Crippen LogP contribution is 2.18. The molecule has 0 bridgehead atoms. The van der Waals surface area contributed by atoms with Crippen molar-refractivity contribution in [2.45, 2.75) is 13.0 Å². The van der Waals surface area contributed by atoms with Gasteiger partial charge >= 0.3 is 0 Å². The van der Waals surface area contributed by atoms with Gasteiger partial charge in [0.2, 0.25) is 5.91 Å². The zero-order valence-corrected chi connectivity index (χ0v) is 14.3. The van der Waals surface area contributed by atoms with Crippen molar-refractivity contribution >= 4 is 23.2 Å². The lowest BCUT2D eigenvalue weighted by molar-refractivity contribution is -0.119. The Kier molecular flexibility index (Phi) is 5.25. The molecule has 1 heterocycles. The van der Waals surface area contributed by atoms with E-state index in [4.69, 9.17) is 0 Å². The Morgan fingerprint density at radius 2 is 1.74 bits per heavy atom. The molecule has 0 radical (unpaired) electrons. The minimum Gasteiger partial charge on any atom is -0.324 e. The summed E-state index contributed by atoms with van der Waals surface area (Å²) >= 11 is 0. The molecule has 138 valence electrons. The molecule has 0 aliphatic rings. The summed E-state index contributed by atoms with van der Waals surface area (Å²) in [6.07, 6.45) is 3.26. The third-order valence-corrected chi connectivity index (χ3v) is 3.87. The molecule has 8 heteroatoms. The van der Waals surface area contributed by atoms with Gasteiger partial charge in [0.1, 0.15) is 6.04 Å². The van der Waals surface area contributed by atoms with Crippen molar-refractivity contribution in [3.63, 3.8) is 0 Å². The maximum Gasteiger partial charge on any atom is 0.255 e. The van der Waals surface area contributed by atoms with E-state index in [1.165, 1.54) is 10.7 Å². The van der Waals surface area contributed by atoms with Gasteiger partial charge in [0.15, 0.2) is 11.6 Å². The monoisotopic (exact) mass is 370 g/mol. The smallest absolute Gasteiger partial charge is 0.255 e. The highest BCUT2D eigenvalue weighted by Gasteiger charge is 2.15. The van der Waals surface area contributed by atoms with Gasteiger partial charge in [-0.05, 0) is 49.4 Å². The lowest BCUT2D eigenvalue weighted by atomic mass is 10.2. The fourth-order valence-electron chi connectivity index (χ4n) is 2.39. The van der Waals surface area contributed by atoms with Crippen molar-refractivity contribution in [1.82, 2.24) is 9.78 Å². The Hall–Kier alpha value is -3.55. The molecule has 1 unspecified atom stereocenters. The molecule has 27 heavy (non-hydrogen) atoms. The van der Waals surface area contributed by atoms with E-state index >= 15 is 0 Å². The number of carbonyl (C=O) groups excluding carboxylic acids is 2. The van der Waals surface area contributed by atoms with Crippen molar-refractivity contribution in [3.8, 4) is 0 Å². The van der Waals surface area contributed by atoms with Crippen LogP contribution in [0.15, 0.2) is 60.9 Å². The summed E-state index contributed by atoms with van der Waals surface area (Å²) in [5.74, 6) is -3.00. The average Bonchev–Trinajstić information content (AvgIpc) is 3.18. The molecule has 0 saturated heterocycles. The number of carbonyl (C=O) groups is 2. The quantitative estimate of drug-likeness (QED) is 0.720. The third kappa shape index (κ3) is 4.35. The fourth-order valence-corrected chi connectivity index (χ4v) is 2.39. The van der Waals surface area contributed by atoms with Crippen LogP contribution in [0.3, 0.4) is 0 Å². The van der Waals surface area contributed by atoms with E-state index in [2.05, 4.69) is 15.7 Å². The highest BCUT2D eigenvalue weighted by molar-refractivity contribution is 6.04. The minimum atomic E-state index is -1.10. The van der Waals surface area contributed by atoms with E-state index in [1.807, 2.05) is 0 Å². The maximum absolute atomic E-state index is 13.3. The first-order valence-corrected chi connectivity index (χ1v) is 8.10. The number of anilines is 2. The summed E-state index contributed by atoms with van der Waals surface area (Å²) in [5.41, 5.74) is 0.854. The average molecular weight is 370 g/mol. The zero-order chi connectivity index (χ0) is 19.4. The number of hydrogen-bond donors (Lipinski definition) is 2. The molecule has 1 aromatic heterocycles. The molecular formula is C19H16F2N4O2. The van der Waals surface area contributed by atoms with E-state index in [0.717, 1.165) is 12.1 Å². The van der Waals surface area contributed by atoms with Gasteiger partial charge in [-0.15, -0.1) is 0 Å². The van der Waals surface area contributed by atoms with Crippen LogP contribution in [0.5, 0.6) is 0 Å². The molecule has 3 aromatic rings. The number of rotatable bonds is 5. The van der Waals surface area contributed by atoms with E-state index in [-0.39, 0.29) is 11.5 Å². The molecule has 0 saturated carbocycles. The van der Waals surface area contributed by atoms with Crippen LogP contribution >= 0.6 is 0 Å². The normalized spacial score (nSPS) is 11.7. The molecule has 2 N–H and O–H groups in total. The van der Waals surface area contributed by atoms with Crippen LogP contribution in [-0.4, -0.2) is 21.6 Å². The van der Waals surface area contributed by atoms with Gasteiger partial charge in [-0.25, -0.2) is 8.78 Å². The molecule has 3 rings (SSSR count). The van der Waals surface area contributed by atoms with Crippen LogP contribution in [-0.2, 0) is 4.79 Å². The van der Waals surface area contributed by atoms with Crippen LogP contribution < -0.4 is 10.6 Å². The summed E-state index contributed by atoms with van der Waals surface area (Å²) < 4.78 is 27.8. The Morgan fingerprint density at radius 3 is 2.41 bits per heavy atom. The van der Waals surface area contributed by atoms with Crippen molar-refractivity contribution in [1.29, 1.82) is 0 Å². The summed E-state index contributed by atoms with van der Waals surface area (Å²) in [6, 6.07) is 10.6. The van der Waals surface area contributed by atoms with Crippen molar-refractivity contribution < 1.29 is 18.4 Å². The predicted molar refractivity (Wildman–Crippen MR) is 96.3 cm³/mol. The second-order valence-corrected chi connectivity index (χ2v) is 5.82. The van der Waals surface area contributed by atoms with Crippen LogP contribution in [0.2, 0.25) is 0 Å². The second kappa shape index (κ2) is 7.77. The lowest BCUT2D eigenvalue weighted by Gasteiger charge is -2.13. The standard InChI is InChI=1S/C19H16F2N4O2/c1-12(25-9-3-8-22-25)18(26)23-14-4-2-5-15(11-14)24-19(27)13-6-7-16(20)17(21)10-13/h2-12H,1H3,(H,23,26)(H,24,27). The number of aromatic nitrogens is 2. The molecule has 1 atom stereocenters. The summed E-state index contributed by atoms with van der Waals surface area (Å²) in [7, 11) is 0. The van der Waals surface area contributed by atoms with Crippen LogP contribution in [0.25, 0.3) is 0 Å². The SMILES string of the molecule is CC(C(=O)Nc1cccc(NC(=O)c2ccc(F)c(F)c2)c1)n1cccn1. The fraction of sp³-hybridized carbons (Fsp3) is 0.105. The Labute approximate surface area is 153 Å². The number of nitrogens with one attached hydrogen (secondary N) is 2. The number of benzene rings is 2.